The van der Waals surface area contributed by atoms with Crippen LogP contribution in [0.4, 0.5) is 11.6 Å². The maximum atomic E-state index is 6.15. The quantitative estimate of drug-likeness (QED) is 0.845. The Morgan fingerprint density at radius 1 is 1.21 bits per heavy atom. The average molecular weight is 305 g/mol. The number of hydrogen-bond donors (Lipinski definition) is 2. The molecule has 1 rings (SSSR count). The lowest BCUT2D eigenvalue weighted by Gasteiger charge is -2.28. The molecular weight excluding hydrogens is 283 g/mol. The van der Waals surface area contributed by atoms with Crippen molar-refractivity contribution in [1.82, 2.24) is 9.88 Å². The Hall–Kier alpha value is -0.710. The van der Waals surface area contributed by atoms with E-state index in [9.17, 15) is 0 Å². The van der Waals surface area contributed by atoms with Crippen molar-refractivity contribution in [2.24, 2.45) is 5.41 Å². The van der Waals surface area contributed by atoms with Gasteiger partial charge < -0.3 is 15.5 Å². The highest BCUT2D eigenvalue weighted by molar-refractivity contribution is 6.37. The van der Waals surface area contributed by atoms with Crippen LogP contribution < -0.4 is 10.6 Å². The van der Waals surface area contributed by atoms with Crippen LogP contribution in [0, 0.1) is 5.41 Å². The number of nitrogens with one attached hydrogen (secondary N) is 2. The summed E-state index contributed by atoms with van der Waals surface area (Å²) in [6, 6.07) is 1.70. The van der Waals surface area contributed by atoms with Crippen LogP contribution >= 0.6 is 23.2 Å². The number of nitrogens with zero attached hydrogens (tertiary/aromatic N) is 2. The van der Waals surface area contributed by atoms with Crippen LogP contribution in [-0.4, -0.2) is 44.1 Å². The monoisotopic (exact) mass is 304 g/mol. The van der Waals surface area contributed by atoms with E-state index in [-0.39, 0.29) is 5.41 Å². The highest BCUT2D eigenvalue weighted by Gasteiger charge is 2.19. The molecule has 0 aliphatic heterocycles. The minimum atomic E-state index is 0.119. The van der Waals surface area contributed by atoms with Crippen LogP contribution in [0.2, 0.25) is 10.0 Å². The van der Waals surface area contributed by atoms with Crippen molar-refractivity contribution < 1.29 is 0 Å². The van der Waals surface area contributed by atoms with Crippen molar-refractivity contribution in [2.75, 3.05) is 44.9 Å². The predicted molar refractivity (Wildman–Crippen MR) is 84.6 cm³/mol. The van der Waals surface area contributed by atoms with Gasteiger partial charge >= 0.3 is 0 Å². The Morgan fingerprint density at radius 2 is 1.79 bits per heavy atom. The number of pyridine rings is 1. The predicted octanol–water partition coefficient (Wildman–Crippen LogP) is 3.43. The van der Waals surface area contributed by atoms with Crippen molar-refractivity contribution in [3.05, 3.63) is 16.1 Å². The zero-order valence-electron chi connectivity index (χ0n) is 12.1. The maximum absolute atomic E-state index is 6.15. The summed E-state index contributed by atoms with van der Waals surface area (Å²) in [6.07, 6.45) is 0. The van der Waals surface area contributed by atoms with Gasteiger partial charge in [0.25, 0.3) is 0 Å². The van der Waals surface area contributed by atoms with Gasteiger partial charge in [0.15, 0.2) is 0 Å². The van der Waals surface area contributed by atoms with E-state index in [1.807, 2.05) is 0 Å². The zero-order chi connectivity index (χ0) is 14.6. The molecule has 0 aliphatic carbocycles. The Kier molecular flexibility index (Phi) is 5.71. The summed E-state index contributed by atoms with van der Waals surface area (Å²) >= 11 is 12.2. The summed E-state index contributed by atoms with van der Waals surface area (Å²) < 4.78 is 0. The molecule has 0 atom stereocenters. The van der Waals surface area contributed by atoms with Crippen molar-refractivity contribution in [3.63, 3.8) is 0 Å². The van der Waals surface area contributed by atoms with E-state index in [0.29, 0.717) is 21.7 Å². The summed E-state index contributed by atoms with van der Waals surface area (Å²) in [6.45, 7) is 6.15. The first-order chi connectivity index (χ1) is 8.75. The molecule has 19 heavy (non-hydrogen) atoms. The Bertz CT molecular complexity index is 433. The van der Waals surface area contributed by atoms with E-state index in [0.717, 1.165) is 13.1 Å². The lowest BCUT2D eigenvalue weighted by molar-refractivity contribution is 0.254. The summed E-state index contributed by atoms with van der Waals surface area (Å²) in [5.74, 6) is 1.28. The van der Waals surface area contributed by atoms with E-state index in [1.165, 1.54) is 0 Å². The molecule has 4 nitrogen and oxygen atoms in total. The fraction of sp³-hybridized carbons (Fsp3) is 0.615. The van der Waals surface area contributed by atoms with Crippen molar-refractivity contribution in [2.45, 2.75) is 13.8 Å². The third-order valence-electron chi connectivity index (χ3n) is 2.64. The summed E-state index contributed by atoms with van der Waals surface area (Å²) in [4.78, 5) is 6.54. The third kappa shape index (κ3) is 5.05. The van der Waals surface area contributed by atoms with Crippen LogP contribution in [0.1, 0.15) is 13.8 Å². The molecule has 0 unspecified atom stereocenters. The second-order valence-electron chi connectivity index (χ2n) is 5.65. The molecule has 2 N–H and O–H groups in total. The van der Waals surface area contributed by atoms with Gasteiger partial charge in [0.2, 0.25) is 0 Å². The normalized spacial score (nSPS) is 11.8. The molecule has 1 aromatic heterocycles. The molecule has 0 aliphatic rings. The molecule has 0 saturated carbocycles. The number of hydrogen-bond acceptors (Lipinski definition) is 4. The van der Waals surface area contributed by atoms with Crippen molar-refractivity contribution >= 4 is 34.8 Å². The lowest BCUT2D eigenvalue weighted by atomic mass is 9.93. The largest absolute Gasteiger partial charge is 0.372 e. The van der Waals surface area contributed by atoms with Crippen LogP contribution in [0.25, 0.3) is 0 Å². The summed E-state index contributed by atoms with van der Waals surface area (Å²) in [7, 11) is 5.91. The molecule has 0 amide bonds. The van der Waals surface area contributed by atoms with E-state index < -0.39 is 0 Å². The van der Waals surface area contributed by atoms with Gasteiger partial charge in [-0.05, 0) is 25.6 Å². The highest BCUT2D eigenvalue weighted by Crippen LogP contribution is 2.29. The Labute approximate surface area is 125 Å². The van der Waals surface area contributed by atoms with E-state index in [2.05, 4.69) is 48.5 Å². The SMILES string of the molecule is CNc1nc(NCC(C)(C)CN(C)C)c(Cl)cc1Cl. The van der Waals surface area contributed by atoms with E-state index >= 15 is 0 Å². The average Bonchev–Trinajstić information content (AvgIpc) is 2.26. The fourth-order valence-corrected chi connectivity index (χ4v) is 2.52. The second-order valence-corrected chi connectivity index (χ2v) is 6.47. The number of halogens is 2. The first-order valence-electron chi connectivity index (χ1n) is 6.17. The van der Waals surface area contributed by atoms with Crippen LogP contribution in [0.5, 0.6) is 0 Å². The fourth-order valence-electron chi connectivity index (χ4n) is 2.00. The van der Waals surface area contributed by atoms with Gasteiger partial charge in [-0.2, -0.15) is 0 Å². The Balaban J connectivity index is 2.77. The van der Waals surface area contributed by atoms with Crippen LogP contribution in [0.3, 0.4) is 0 Å². The molecule has 0 saturated heterocycles. The van der Waals surface area contributed by atoms with Gasteiger partial charge in [0.1, 0.15) is 11.6 Å². The molecule has 6 heteroatoms. The second kappa shape index (κ2) is 6.64. The van der Waals surface area contributed by atoms with Crippen molar-refractivity contribution in [1.29, 1.82) is 0 Å². The van der Waals surface area contributed by atoms with E-state index in [4.69, 9.17) is 23.2 Å². The van der Waals surface area contributed by atoms with Gasteiger partial charge in [-0.1, -0.05) is 37.0 Å². The zero-order valence-corrected chi connectivity index (χ0v) is 13.7. The van der Waals surface area contributed by atoms with Crippen LogP contribution in [0.15, 0.2) is 6.07 Å². The highest BCUT2D eigenvalue weighted by atomic mass is 35.5. The summed E-state index contributed by atoms with van der Waals surface area (Å²) in [5.41, 5.74) is 0.119. The lowest BCUT2D eigenvalue weighted by Crippen LogP contribution is -2.34. The molecule has 1 heterocycles. The molecule has 0 bridgehead atoms. The van der Waals surface area contributed by atoms with Gasteiger partial charge in [-0.3, -0.25) is 0 Å². The number of aromatic nitrogens is 1. The van der Waals surface area contributed by atoms with Crippen LogP contribution in [-0.2, 0) is 0 Å². The molecule has 0 aromatic carbocycles. The first kappa shape index (κ1) is 16.3. The number of anilines is 2. The summed E-state index contributed by atoms with van der Waals surface area (Å²) in [5, 5.41) is 7.29. The van der Waals surface area contributed by atoms with E-state index in [1.54, 1.807) is 13.1 Å². The maximum Gasteiger partial charge on any atom is 0.147 e. The molecule has 0 radical (unpaired) electrons. The van der Waals surface area contributed by atoms with Gasteiger partial charge in [0, 0.05) is 20.1 Å². The minimum absolute atomic E-state index is 0.119. The smallest absolute Gasteiger partial charge is 0.147 e. The molecular formula is C13H22Cl2N4. The Morgan fingerprint density at radius 3 is 2.32 bits per heavy atom. The van der Waals surface area contributed by atoms with Gasteiger partial charge in [0.05, 0.1) is 10.0 Å². The molecule has 108 valence electrons. The van der Waals surface area contributed by atoms with Gasteiger partial charge in [-0.15, -0.1) is 0 Å². The first-order valence-corrected chi connectivity index (χ1v) is 6.93. The van der Waals surface area contributed by atoms with Crippen molar-refractivity contribution in [3.8, 4) is 0 Å². The molecule has 0 fully saturated rings. The minimum Gasteiger partial charge on any atom is -0.372 e. The molecule has 1 aromatic rings. The molecule has 0 spiro atoms. The standard InChI is InChI=1S/C13H22Cl2N4/c1-13(2,8-19(4)5)7-17-12-10(15)6-9(14)11(16-3)18-12/h6H,7-8H2,1-5H3,(H2,16,17,18). The van der Waals surface area contributed by atoms with Gasteiger partial charge in [-0.25, -0.2) is 4.98 Å². The third-order valence-corrected chi connectivity index (χ3v) is 3.22. The topological polar surface area (TPSA) is 40.2 Å². The number of rotatable bonds is 6.